The Morgan fingerprint density at radius 1 is 1.33 bits per heavy atom. The Morgan fingerprint density at radius 3 is 2.78 bits per heavy atom. The van der Waals surface area contributed by atoms with Crippen molar-refractivity contribution in [1.29, 1.82) is 5.26 Å². The van der Waals surface area contributed by atoms with Crippen molar-refractivity contribution < 1.29 is 4.52 Å². The van der Waals surface area contributed by atoms with E-state index in [0.717, 1.165) is 11.1 Å². The second-order valence-corrected chi connectivity index (χ2v) is 4.09. The van der Waals surface area contributed by atoms with Gasteiger partial charge in [0.25, 0.3) is 0 Å². The van der Waals surface area contributed by atoms with E-state index in [4.69, 9.17) is 9.78 Å². The third-order valence-electron chi connectivity index (χ3n) is 2.64. The topological polar surface area (TPSA) is 74.7 Å². The predicted molar refractivity (Wildman–Crippen MR) is 65.5 cm³/mol. The Bertz CT molecular complexity index is 583. The highest BCUT2D eigenvalue weighted by Gasteiger charge is 2.03. The highest BCUT2D eigenvalue weighted by atomic mass is 16.5. The minimum absolute atomic E-state index is 0.566. The zero-order chi connectivity index (χ0) is 13.0. The summed E-state index contributed by atoms with van der Waals surface area (Å²) in [7, 11) is 0. The molecule has 2 aromatic rings. The van der Waals surface area contributed by atoms with Gasteiger partial charge in [-0.25, -0.2) is 0 Å². The first-order valence-electron chi connectivity index (χ1n) is 5.68. The van der Waals surface area contributed by atoms with E-state index in [1.54, 1.807) is 6.92 Å². The van der Waals surface area contributed by atoms with Crippen molar-refractivity contribution in [3.05, 3.63) is 46.6 Å². The van der Waals surface area contributed by atoms with Gasteiger partial charge in [-0.2, -0.15) is 10.2 Å². The Balaban J connectivity index is 1.92. The lowest BCUT2D eigenvalue weighted by Crippen LogP contribution is -2.14. The smallest absolute Gasteiger partial charge is 0.223 e. The van der Waals surface area contributed by atoms with Crippen LogP contribution in [0.5, 0.6) is 0 Å². The molecule has 0 saturated carbocycles. The number of hydrogen-bond acceptors (Lipinski definition) is 5. The van der Waals surface area contributed by atoms with E-state index >= 15 is 0 Å². The molecule has 0 radical (unpaired) electrons. The molecule has 0 aliphatic carbocycles. The third-order valence-corrected chi connectivity index (χ3v) is 2.64. The normalized spacial score (nSPS) is 10.3. The fourth-order valence-electron chi connectivity index (χ4n) is 1.69. The summed E-state index contributed by atoms with van der Waals surface area (Å²) in [4.78, 5) is 4.11. The average Bonchev–Trinajstić information content (AvgIpc) is 2.77. The summed E-state index contributed by atoms with van der Waals surface area (Å²) in [5, 5.41) is 15.8. The van der Waals surface area contributed by atoms with Crippen LogP contribution in [0.3, 0.4) is 0 Å². The molecular formula is C13H14N4O. The van der Waals surface area contributed by atoms with Crippen molar-refractivity contribution in [1.82, 2.24) is 15.5 Å². The van der Waals surface area contributed by atoms with Crippen LogP contribution in [0.1, 0.15) is 28.4 Å². The molecule has 5 heteroatoms. The van der Waals surface area contributed by atoms with E-state index in [0.29, 0.717) is 30.4 Å². The van der Waals surface area contributed by atoms with Gasteiger partial charge in [-0.05, 0) is 30.2 Å². The molecule has 0 aliphatic rings. The van der Waals surface area contributed by atoms with Gasteiger partial charge in [-0.3, -0.25) is 0 Å². The van der Waals surface area contributed by atoms with Crippen molar-refractivity contribution in [2.45, 2.75) is 26.9 Å². The Kier molecular flexibility index (Phi) is 3.70. The molecule has 5 nitrogen and oxygen atoms in total. The van der Waals surface area contributed by atoms with Gasteiger partial charge in [0.2, 0.25) is 5.89 Å². The fraction of sp³-hybridized carbons (Fsp3) is 0.308. The fourth-order valence-corrected chi connectivity index (χ4v) is 1.69. The number of aromatic nitrogens is 2. The quantitative estimate of drug-likeness (QED) is 0.885. The molecule has 0 spiro atoms. The van der Waals surface area contributed by atoms with Gasteiger partial charge in [-0.1, -0.05) is 11.2 Å². The number of nitriles is 1. The van der Waals surface area contributed by atoms with Crippen molar-refractivity contribution in [2.75, 3.05) is 0 Å². The number of rotatable bonds is 4. The largest absolute Gasteiger partial charge is 0.340 e. The van der Waals surface area contributed by atoms with Gasteiger partial charge in [0.1, 0.15) is 0 Å². The molecule has 0 fully saturated rings. The van der Waals surface area contributed by atoms with Crippen LogP contribution in [0.15, 0.2) is 22.7 Å². The molecule has 1 heterocycles. The van der Waals surface area contributed by atoms with E-state index in [-0.39, 0.29) is 0 Å². The molecular weight excluding hydrogens is 228 g/mol. The van der Waals surface area contributed by atoms with Gasteiger partial charge >= 0.3 is 0 Å². The van der Waals surface area contributed by atoms with Crippen molar-refractivity contribution in [3.63, 3.8) is 0 Å². The Morgan fingerprint density at radius 2 is 2.17 bits per heavy atom. The average molecular weight is 242 g/mol. The van der Waals surface area contributed by atoms with Gasteiger partial charge in [0.15, 0.2) is 5.82 Å². The van der Waals surface area contributed by atoms with E-state index < -0.39 is 0 Å². The lowest BCUT2D eigenvalue weighted by Gasteiger charge is -2.06. The lowest BCUT2D eigenvalue weighted by molar-refractivity contribution is 0.385. The summed E-state index contributed by atoms with van der Waals surface area (Å²) in [6.07, 6.45) is 0. The molecule has 1 aromatic carbocycles. The van der Waals surface area contributed by atoms with Crippen LogP contribution in [0.25, 0.3) is 0 Å². The van der Waals surface area contributed by atoms with Crippen molar-refractivity contribution >= 4 is 0 Å². The van der Waals surface area contributed by atoms with Crippen molar-refractivity contribution in [2.24, 2.45) is 0 Å². The van der Waals surface area contributed by atoms with Crippen molar-refractivity contribution in [3.8, 4) is 6.07 Å². The zero-order valence-electron chi connectivity index (χ0n) is 10.4. The maximum absolute atomic E-state index is 8.79. The van der Waals surface area contributed by atoms with Gasteiger partial charge in [0, 0.05) is 13.5 Å². The summed E-state index contributed by atoms with van der Waals surface area (Å²) in [6, 6.07) is 7.79. The number of hydrogen-bond donors (Lipinski definition) is 1. The maximum atomic E-state index is 8.79. The highest BCUT2D eigenvalue weighted by molar-refractivity contribution is 5.37. The first kappa shape index (κ1) is 12.3. The molecule has 1 aromatic heterocycles. The summed E-state index contributed by atoms with van der Waals surface area (Å²) in [5.74, 6) is 1.22. The molecule has 0 bridgehead atoms. The lowest BCUT2D eigenvalue weighted by atomic mass is 10.1. The number of nitrogens with one attached hydrogen (secondary N) is 1. The van der Waals surface area contributed by atoms with Crippen LogP contribution in [0.2, 0.25) is 0 Å². The van der Waals surface area contributed by atoms with E-state index in [1.807, 2.05) is 25.1 Å². The summed E-state index contributed by atoms with van der Waals surface area (Å²) >= 11 is 0. The summed E-state index contributed by atoms with van der Waals surface area (Å²) < 4.78 is 4.88. The Labute approximate surface area is 105 Å². The van der Waals surface area contributed by atoms with Crippen LogP contribution in [0.4, 0.5) is 0 Å². The molecule has 18 heavy (non-hydrogen) atoms. The van der Waals surface area contributed by atoms with Gasteiger partial charge < -0.3 is 9.84 Å². The number of benzene rings is 1. The Hall–Kier alpha value is -2.19. The number of aryl methyl sites for hydroxylation is 2. The zero-order valence-corrected chi connectivity index (χ0v) is 10.4. The third kappa shape index (κ3) is 2.93. The van der Waals surface area contributed by atoms with Crippen LogP contribution in [0, 0.1) is 25.2 Å². The maximum Gasteiger partial charge on any atom is 0.223 e. The molecule has 0 aliphatic heterocycles. The van der Waals surface area contributed by atoms with E-state index in [2.05, 4.69) is 21.5 Å². The van der Waals surface area contributed by atoms with Crippen LogP contribution in [-0.2, 0) is 13.1 Å². The van der Waals surface area contributed by atoms with Crippen LogP contribution >= 0.6 is 0 Å². The minimum Gasteiger partial charge on any atom is -0.340 e. The molecule has 1 N–H and O–H groups in total. The van der Waals surface area contributed by atoms with Crippen LogP contribution in [-0.4, -0.2) is 10.1 Å². The molecule has 0 amide bonds. The van der Waals surface area contributed by atoms with E-state index in [1.165, 1.54) is 0 Å². The number of nitrogens with zero attached hydrogens (tertiary/aromatic N) is 3. The van der Waals surface area contributed by atoms with E-state index in [9.17, 15) is 0 Å². The second-order valence-electron chi connectivity index (χ2n) is 4.09. The first-order valence-corrected chi connectivity index (χ1v) is 5.68. The van der Waals surface area contributed by atoms with Gasteiger partial charge in [-0.15, -0.1) is 0 Å². The first-order chi connectivity index (χ1) is 8.69. The second kappa shape index (κ2) is 5.43. The summed E-state index contributed by atoms with van der Waals surface area (Å²) in [6.45, 7) is 5.04. The molecule has 0 saturated heterocycles. The van der Waals surface area contributed by atoms with Crippen LogP contribution < -0.4 is 5.32 Å². The molecule has 0 atom stereocenters. The monoisotopic (exact) mass is 242 g/mol. The standard InChI is InChI=1S/C13H14N4O/c1-9-5-11(6-14)3-4-12(9)7-15-8-13-16-10(2)18-17-13/h3-5,15H,7-8H2,1-2H3. The molecule has 92 valence electrons. The SMILES string of the molecule is Cc1nc(CNCc2ccc(C#N)cc2C)no1. The molecule has 2 rings (SSSR count). The predicted octanol–water partition coefficient (Wildman–Crippen LogP) is 1.85. The summed E-state index contributed by atoms with van der Waals surface area (Å²) in [5.41, 5.74) is 2.95. The molecule has 0 unspecified atom stereocenters. The van der Waals surface area contributed by atoms with Gasteiger partial charge in [0.05, 0.1) is 18.2 Å². The highest BCUT2D eigenvalue weighted by Crippen LogP contribution is 2.10. The minimum atomic E-state index is 0.566.